The number of hydrogen-bond donors (Lipinski definition) is 2. The minimum Gasteiger partial charge on any atom is -0.494 e. The molecule has 2 heterocycles. The van der Waals surface area contributed by atoms with Crippen LogP contribution >= 0.6 is 0 Å². The van der Waals surface area contributed by atoms with Crippen molar-refractivity contribution in [3.05, 3.63) is 70.4 Å². The summed E-state index contributed by atoms with van der Waals surface area (Å²) in [6.07, 6.45) is 0. The lowest BCUT2D eigenvalue weighted by Gasteiger charge is -2.38. The third kappa shape index (κ3) is 5.65. The van der Waals surface area contributed by atoms with Crippen molar-refractivity contribution < 1.29 is 19.1 Å². The number of amides is 2. The molecule has 0 unspecified atom stereocenters. The third-order valence-electron chi connectivity index (χ3n) is 6.64. The fourth-order valence-electron chi connectivity index (χ4n) is 4.86. The molecule has 192 valence electrons. The number of rotatable bonds is 8. The van der Waals surface area contributed by atoms with Crippen molar-refractivity contribution in [1.29, 1.82) is 0 Å². The highest BCUT2D eigenvalue weighted by atomic mass is 16.5. The Morgan fingerprint density at radius 2 is 1.78 bits per heavy atom. The number of nitrogens with zero attached hydrogens (tertiary/aromatic N) is 2. The first-order chi connectivity index (χ1) is 17.4. The lowest BCUT2D eigenvalue weighted by atomic mass is 9.94. The number of ether oxygens (including phenoxy) is 2. The fourth-order valence-corrected chi connectivity index (χ4v) is 4.86. The Morgan fingerprint density at radius 3 is 2.50 bits per heavy atom. The Labute approximate surface area is 213 Å². The van der Waals surface area contributed by atoms with Crippen molar-refractivity contribution >= 4 is 17.7 Å². The zero-order chi connectivity index (χ0) is 25.7. The molecule has 1 saturated heterocycles. The maximum Gasteiger partial charge on any atom is 0.338 e. The quantitative estimate of drug-likeness (QED) is 0.547. The average molecular weight is 493 g/mol. The first kappa shape index (κ1) is 25.6. The van der Waals surface area contributed by atoms with Crippen LogP contribution in [0.1, 0.15) is 36.6 Å². The van der Waals surface area contributed by atoms with Crippen LogP contribution < -0.4 is 20.3 Å². The van der Waals surface area contributed by atoms with E-state index in [1.165, 1.54) is 16.8 Å². The summed E-state index contributed by atoms with van der Waals surface area (Å²) in [5.41, 5.74) is 5.51. The number of benzene rings is 2. The monoisotopic (exact) mass is 492 g/mol. The Morgan fingerprint density at radius 1 is 1.03 bits per heavy atom. The average Bonchev–Trinajstić information content (AvgIpc) is 2.86. The molecule has 1 fully saturated rings. The second kappa shape index (κ2) is 11.5. The van der Waals surface area contributed by atoms with Gasteiger partial charge in [-0.15, -0.1) is 0 Å². The number of carbonyl (C=O) groups is 2. The Bertz CT molecular complexity index is 1140. The number of para-hydroxylation sites is 1. The summed E-state index contributed by atoms with van der Waals surface area (Å²) in [7, 11) is 0. The number of piperazine rings is 1. The van der Waals surface area contributed by atoms with Gasteiger partial charge in [-0.05, 0) is 51.0 Å². The molecule has 2 aliphatic heterocycles. The molecule has 8 heteroatoms. The van der Waals surface area contributed by atoms with Gasteiger partial charge in [0.05, 0.1) is 24.8 Å². The first-order valence-electron chi connectivity index (χ1n) is 12.6. The Hall–Kier alpha value is -3.52. The number of carbonyl (C=O) groups excluding carboxylic acids is 2. The van der Waals surface area contributed by atoms with E-state index in [-0.39, 0.29) is 12.6 Å². The zero-order valence-electron chi connectivity index (χ0n) is 21.6. The van der Waals surface area contributed by atoms with Gasteiger partial charge < -0.3 is 25.0 Å². The molecular formula is C28H36N4O4. The highest BCUT2D eigenvalue weighted by Gasteiger charge is 2.36. The van der Waals surface area contributed by atoms with E-state index < -0.39 is 12.0 Å². The van der Waals surface area contributed by atoms with E-state index in [9.17, 15) is 9.59 Å². The summed E-state index contributed by atoms with van der Waals surface area (Å²) < 4.78 is 11.2. The SMILES string of the molecule is CCOC(=O)C1=C(CN2CCN(c3cc(C)ccc3C)CC2)NC(=O)N[C@H]1c1ccccc1OCC. The summed E-state index contributed by atoms with van der Waals surface area (Å²) in [4.78, 5) is 30.6. The molecule has 0 saturated carbocycles. The molecule has 8 nitrogen and oxygen atoms in total. The molecular weight excluding hydrogens is 456 g/mol. The van der Waals surface area contributed by atoms with Crippen molar-refractivity contribution in [3.63, 3.8) is 0 Å². The van der Waals surface area contributed by atoms with Crippen LogP contribution in [0.25, 0.3) is 0 Å². The van der Waals surface area contributed by atoms with Crippen molar-refractivity contribution in [1.82, 2.24) is 15.5 Å². The van der Waals surface area contributed by atoms with Gasteiger partial charge in [-0.1, -0.05) is 30.3 Å². The third-order valence-corrected chi connectivity index (χ3v) is 6.64. The summed E-state index contributed by atoms with van der Waals surface area (Å²) >= 11 is 0. The molecule has 2 aromatic carbocycles. The lowest BCUT2D eigenvalue weighted by molar-refractivity contribution is -0.139. The van der Waals surface area contributed by atoms with Gasteiger partial charge in [-0.3, -0.25) is 4.90 Å². The fraction of sp³-hybridized carbons (Fsp3) is 0.429. The van der Waals surface area contributed by atoms with Crippen molar-refractivity contribution in [2.24, 2.45) is 0 Å². The van der Waals surface area contributed by atoms with Crippen molar-refractivity contribution in [2.75, 3.05) is 50.8 Å². The second-order valence-corrected chi connectivity index (χ2v) is 9.17. The van der Waals surface area contributed by atoms with E-state index in [1.54, 1.807) is 6.92 Å². The van der Waals surface area contributed by atoms with Crippen LogP contribution in [-0.4, -0.2) is 62.8 Å². The van der Waals surface area contributed by atoms with Gasteiger partial charge in [0.2, 0.25) is 0 Å². The van der Waals surface area contributed by atoms with E-state index in [4.69, 9.17) is 9.47 Å². The van der Waals surface area contributed by atoms with Gasteiger partial charge in [0.1, 0.15) is 5.75 Å². The Kier molecular flexibility index (Phi) is 8.15. The number of anilines is 1. The maximum atomic E-state index is 13.2. The number of urea groups is 1. The molecule has 0 aliphatic carbocycles. The van der Waals surface area contributed by atoms with Crippen LogP contribution in [0.15, 0.2) is 53.7 Å². The molecule has 0 radical (unpaired) electrons. The largest absolute Gasteiger partial charge is 0.494 e. The zero-order valence-corrected chi connectivity index (χ0v) is 21.6. The summed E-state index contributed by atoms with van der Waals surface area (Å²) in [6.45, 7) is 12.5. The maximum absolute atomic E-state index is 13.2. The standard InChI is InChI=1S/C28H36N4O4/c1-5-35-24-10-8-7-9-21(24)26-25(27(33)36-6-2)22(29-28(34)30-26)18-31-13-15-32(16-14-31)23-17-19(3)11-12-20(23)4/h7-12,17,26H,5-6,13-16,18H2,1-4H3,(H2,29,30,34)/t26-/m0/s1. The molecule has 0 spiro atoms. The molecule has 0 aromatic heterocycles. The molecule has 4 rings (SSSR count). The highest BCUT2D eigenvalue weighted by Crippen LogP contribution is 2.34. The molecule has 0 bridgehead atoms. The van der Waals surface area contributed by atoms with Crippen LogP contribution in [0.2, 0.25) is 0 Å². The predicted molar refractivity (Wildman–Crippen MR) is 140 cm³/mol. The Balaban J connectivity index is 1.59. The molecule has 2 N–H and O–H groups in total. The number of aryl methyl sites for hydroxylation is 2. The number of esters is 1. The number of hydrogen-bond acceptors (Lipinski definition) is 6. The minimum atomic E-state index is -0.660. The summed E-state index contributed by atoms with van der Waals surface area (Å²) in [5, 5.41) is 5.81. The van der Waals surface area contributed by atoms with Gasteiger partial charge in [0.15, 0.2) is 0 Å². The molecule has 36 heavy (non-hydrogen) atoms. The van der Waals surface area contributed by atoms with Crippen molar-refractivity contribution in [2.45, 2.75) is 33.7 Å². The van der Waals surface area contributed by atoms with Crippen LogP contribution in [0, 0.1) is 13.8 Å². The van der Waals surface area contributed by atoms with Gasteiger partial charge in [-0.25, -0.2) is 9.59 Å². The van der Waals surface area contributed by atoms with Crippen molar-refractivity contribution in [3.8, 4) is 5.75 Å². The van der Waals surface area contributed by atoms with Gasteiger partial charge >= 0.3 is 12.0 Å². The predicted octanol–water partition coefficient (Wildman–Crippen LogP) is 3.70. The van der Waals surface area contributed by atoms with E-state index in [2.05, 4.69) is 52.5 Å². The summed E-state index contributed by atoms with van der Waals surface area (Å²) in [6, 6.07) is 13.0. The topological polar surface area (TPSA) is 83.1 Å². The molecule has 2 aliphatic rings. The number of nitrogens with one attached hydrogen (secondary N) is 2. The molecule has 2 amide bonds. The van der Waals surface area contributed by atoms with Gasteiger partial charge in [0, 0.05) is 49.7 Å². The lowest BCUT2D eigenvalue weighted by Crippen LogP contribution is -2.52. The second-order valence-electron chi connectivity index (χ2n) is 9.17. The van der Waals surface area contributed by atoms with Crippen LogP contribution in [0.5, 0.6) is 5.75 Å². The molecule has 1 atom stereocenters. The van der Waals surface area contributed by atoms with Gasteiger partial charge in [0.25, 0.3) is 0 Å². The van der Waals surface area contributed by atoms with Gasteiger partial charge in [-0.2, -0.15) is 0 Å². The normalized spacial score (nSPS) is 18.5. The summed E-state index contributed by atoms with van der Waals surface area (Å²) in [5.74, 6) is 0.195. The minimum absolute atomic E-state index is 0.248. The van der Waals surface area contributed by atoms with E-state index >= 15 is 0 Å². The van der Waals surface area contributed by atoms with E-state index in [0.29, 0.717) is 30.2 Å². The first-order valence-corrected chi connectivity index (χ1v) is 12.6. The van der Waals surface area contributed by atoms with Crippen LogP contribution in [0.4, 0.5) is 10.5 Å². The highest BCUT2D eigenvalue weighted by molar-refractivity contribution is 5.95. The van der Waals surface area contributed by atoms with Crippen LogP contribution in [0.3, 0.4) is 0 Å². The molecule has 2 aromatic rings. The van der Waals surface area contributed by atoms with Crippen LogP contribution in [-0.2, 0) is 9.53 Å². The smallest absolute Gasteiger partial charge is 0.338 e. The van der Waals surface area contributed by atoms with E-state index in [1.807, 2.05) is 31.2 Å². The van der Waals surface area contributed by atoms with E-state index in [0.717, 1.165) is 31.7 Å².